The van der Waals surface area contributed by atoms with Gasteiger partial charge in [0.15, 0.2) is 0 Å². The number of aromatic nitrogens is 1. The Bertz CT molecular complexity index is 938. The fraction of sp³-hybridized carbons (Fsp3) is 0.318. The van der Waals surface area contributed by atoms with Gasteiger partial charge in [-0.05, 0) is 60.6 Å². The second kappa shape index (κ2) is 6.94. The van der Waals surface area contributed by atoms with Crippen molar-refractivity contribution >= 4 is 16.8 Å². The van der Waals surface area contributed by atoms with E-state index in [2.05, 4.69) is 18.0 Å². The van der Waals surface area contributed by atoms with Crippen molar-refractivity contribution in [3.8, 4) is 0 Å². The second-order valence-electron chi connectivity index (χ2n) is 7.19. The van der Waals surface area contributed by atoms with E-state index < -0.39 is 0 Å². The van der Waals surface area contributed by atoms with E-state index in [0.29, 0.717) is 12.3 Å². The minimum absolute atomic E-state index is 0.207. The van der Waals surface area contributed by atoms with Gasteiger partial charge in [-0.25, -0.2) is 4.39 Å². The number of aryl methyl sites for hydroxylation is 1. The lowest BCUT2D eigenvalue weighted by atomic mass is 9.89. The predicted molar refractivity (Wildman–Crippen MR) is 102 cm³/mol. The first-order valence-corrected chi connectivity index (χ1v) is 9.20. The van der Waals surface area contributed by atoms with Crippen LogP contribution >= 0.6 is 0 Å². The number of hydrogen-bond donors (Lipinski definition) is 1. The van der Waals surface area contributed by atoms with Crippen molar-refractivity contribution in [2.45, 2.75) is 32.1 Å². The van der Waals surface area contributed by atoms with Crippen molar-refractivity contribution < 1.29 is 9.18 Å². The van der Waals surface area contributed by atoms with Gasteiger partial charge in [0.2, 0.25) is 5.91 Å². The zero-order chi connectivity index (χ0) is 18.1. The maximum absolute atomic E-state index is 13.4. The number of amides is 1. The standard InChI is InChI=1S/C22H23FN2O/c1-15-4-2-3-5-17(15)12-22(26)25-10-8-16(9-11-25)20-14-24-21-13-18(23)6-7-19(20)21/h2-7,13-14,16,24H,8-12H2,1H3. The summed E-state index contributed by atoms with van der Waals surface area (Å²) < 4.78 is 13.4. The summed E-state index contributed by atoms with van der Waals surface area (Å²) in [6, 6.07) is 13.0. The van der Waals surface area contributed by atoms with Crippen LogP contribution in [-0.4, -0.2) is 28.9 Å². The molecule has 0 radical (unpaired) electrons. The minimum atomic E-state index is -0.220. The predicted octanol–water partition coefficient (Wildman–Crippen LogP) is 4.56. The van der Waals surface area contributed by atoms with Crippen LogP contribution in [0.2, 0.25) is 0 Å². The normalized spacial score (nSPS) is 15.5. The summed E-state index contributed by atoms with van der Waals surface area (Å²) in [5.74, 6) is 0.401. The van der Waals surface area contributed by atoms with Crippen molar-refractivity contribution in [2.75, 3.05) is 13.1 Å². The molecule has 2 heterocycles. The molecule has 1 fully saturated rings. The molecular formula is C22H23FN2O. The Morgan fingerprint density at radius 2 is 1.96 bits per heavy atom. The number of carbonyl (C=O) groups excluding carboxylic acids is 1. The summed E-state index contributed by atoms with van der Waals surface area (Å²) in [5, 5.41) is 1.09. The summed E-state index contributed by atoms with van der Waals surface area (Å²) in [4.78, 5) is 17.8. The van der Waals surface area contributed by atoms with Gasteiger partial charge < -0.3 is 9.88 Å². The van der Waals surface area contributed by atoms with Gasteiger partial charge in [0.25, 0.3) is 0 Å². The van der Waals surface area contributed by atoms with Crippen LogP contribution in [0.1, 0.15) is 35.4 Å². The van der Waals surface area contributed by atoms with Crippen molar-refractivity contribution in [2.24, 2.45) is 0 Å². The van der Waals surface area contributed by atoms with Crippen LogP contribution in [0.3, 0.4) is 0 Å². The number of piperidine rings is 1. The number of nitrogens with zero attached hydrogens (tertiary/aromatic N) is 1. The molecule has 4 rings (SSSR count). The van der Waals surface area contributed by atoms with Crippen molar-refractivity contribution in [3.63, 3.8) is 0 Å². The van der Waals surface area contributed by atoms with Crippen LogP contribution in [0.15, 0.2) is 48.7 Å². The van der Waals surface area contributed by atoms with E-state index in [1.54, 1.807) is 6.07 Å². The molecule has 4 heteroatoms. The van der Waals surface area contributed by atoms with Crippen LogP contribution < -0.4 is 0 Å². The van der Waals surface area contributed by atoms with Gasteiger partial charge in [0, 0.05) is 30.2 Å². The molecule has 0 unspecified atom stereocenters. The number of halogens is 1. The molecule has 1 aliphatic rings. The Balaban J connectivity index is 1.42. The smallest absolute Gasteiger partial charge is 0.226 e. The molecule has 3 aromatic rings. The first-order valence-electron chi connectivity index (χ1n) is 9.20. The molecule has 1 aliphatic heterocycles. The first kappa shape index (κ1) is 16.8. The Hall–Kier alpha value is -2.62. The average Bonchev–Trinajstić information content (AvgIpc) is 3.06. The number of hydrogen-bond acceptors (Lipinski definition) is 1. The maximum atomic E-state index is 13.4. The molecule has 0 bridgehead atoms. The minimum Gasteiger partial charge on any atom is -0.361 e. The quantitative estimate of drug-likeness (QED) is 0.738. The average molecular weight is 350 g/mol. The Morgan fingerprint density at radius 1 is 1.19 bits per heavy atom. The molecule has 1 N–H and O–H groups in total. The molecule has 0 saturated carbocycles. The Morgan fingerprint density at radius 3 is 2.73 bits per heavy atom. The lowest BCUT2D eigenvalue weighted by Gasteiger charge is -2.32. The van der Waals surface area contributed by atoms with Gasteiger partial charge in [-0.15, -0.1) is 0 Å². The van der Waals surface area contributed by atoms with E-state index in [0.717, 1.165) is 42.4 Å². The third kappa shape index (κ3) is 3.24. The lowest BCUT2D eigenvalue weighted by Crippen LogP contribution is -2.38. The number of rotatable bonds is 3. The fourth-order valence-electron chi connectivity index (χ4n) is 3.98. The third-order valence-corrected chi connectivity index (χ3v) is 5.57. The van der Waals surface area contributed by atoms with Crippen LogP contribution in [0, 0.1) is 12.7 Å². The van der Waals surface area contributed by atoms with Gasteiger partial charge in [0.1, 0.15) is 5.82 Å². The van der Waals surface area contributed by atoms with Gasteiger partial charge in [-0.2, -0.15) is 0 Å². The summed E-state index contributed by atoms with van der Waals surface area (Å²) >= 11 is 0. The number of fused-ring (bicyclic) bond motifs is 1. The zero-order valence-corrected chi connectivity index (χ0v) is 15.0. The van der Waals surface area contributed by atoms with E-state index in [4.69, 9.17) is 0 Å². The van der Waals surface area contributed by atoms with Crippen molar-refractivity contribution in [1.82, 2.24) is 9.88 Å². The Labute approximate surface area is 152 Å². The highest BCUT2D eigenvalue weighted by molar-refractivity contribution is 5.84. The monoisotopic (exact) mass is 350 g/mol. The van der Waals surface area contributed by atoms with Crippen LogP contribution in [0.5, 0.6) is 0 Å². The summed E-state index contributed by atoms with van der Waals surface area (Å²) in [7, 11) is 0. The molecule has 0 atom stereocenters. The number of H-pyrrole nitrogens is 1. The summed E-state index contributed by atoms with van der Waals surface area (Å²) in [6.45, 7) is 3.61. The largest absolute Gasteiger partial charge is 0.361 e. The summed E-state index contributed by atoms with van der Waals surface area (Å²) in [6.07, 6.45) is 4.37. The first-order chi connectivity index (χ1) is 12.6. The molecule has 3 nitrogen and oxygen atoms in total. The molecule has 2 aromatic carbocycles. The van der Waals surface area contributed by atoms with Gasteiger partial charge in [-0.3, -0.25) is 4.79 Å². The molecule has 134 valence electrons. The van der Waals surface area contributed by atoms with Crippen LogP contribution in [0.25, 0.3) is 10.9 Å². The maximum Gasteiger partial charge on any atom is 0.226 e. The molecular weight excluding hydrogens is 327 g/mol. The van der Waals surface area contributed by atoms with Crippen LogP contribution in [0.4, 0.5) is 4.39 Å². The van der Waals surface area contributed by atoms with Crippen molar-refractivity contribution in [1.29, 1.82) is 0 Å². The highest BCUT2D eigenvalue weighted by atomic mass is 19.1. The van der Waals surface area contributed by atoms with Gasteiger partial charge >= 0.3 is 0 Å². The lowest BCUT2D eigenvalue weighted by molar-refractivity contribution is -0.131. The molecule has 1 saturated heterocycles. The Kier molecular flexibility index (Phi) is 4.49. The highest BCUT2D eigenvalue weighted by Gasteiger charge is 2.25. The SMILES string of the molecule is Cc1ccccc1CC(=O)N1CCC(c2c[nH]c3cc(F)ccc23)CC1. The molecule has 1 amide bonds. The highest BCUT2D eigenvalue weighted by Crippen LogP contribution is 2.33. The number of likely N-dealkylation sites (tertiary alicyclic amines) is 1. The number of carbonyl (C=O) groups is 1. The molecule has 26 heavy (non-hydrogen) atoms. The van der Waals surface area contributed by atoms with E-state index in [1.165, 1.54) is 17.2 Å². The molecule has 0 spiro atoms. The number of aromatic amines is 1. The van der Waals surface area contributed by atoms with Gasteiger partial charge in [-0.1, -0.05) is 24.3 Å². The van der Waals surface area contributed by atoms with E-state index in [-0.39, 0.29) is 11.7 Å². The third-order valence-electron chi connectivity index (χ3n) is 5.57. The van der Waals surface area contributed by atoms with E-state index in [1.807, 2.05) is 35.4 Å². The molecule has 0 aliphatic carbocycles. The number of benzene rings is 2. The second-order valence-corrected chi connectivity index (χ2v) is 7.19. The van der Waals surface area contributed by atoms with Crippen LogP contribution in [-0.2, 0) is 11.2 Å². The fourth-order valence-corrected chi connectivity index (χ4v) is 3.98. The molecule has 1 aromatic heterocycles. The topological polar surface area (TPSA) is 36.1 Å². The van der Waals surface area contributed by atoms with E-state index >= 15 is 0 Å². The van der Waals surface area contributed by atoms with Crippen molar-refractivity contribution in [3.05, 3.63) is 71.2 Å². The van der Waals surface area contributed by atoms with E-state index in [9.17, 15) is 9.18 Å². The zero-order valence-electron chi connectivity index (χ0n) is 15.0. The summed E-state index contributed by atoms with van der Waals surface area (Å²) in [5.41, 5.74) is 4.36. The number of nitrogens with one attached hydrogen (secondary N) is 1. The van der Waals surface area contributed by atoms with Gasteiger partial charge in [0.05, 0.1) is 6.42 Å².